The maximum Gasteiger partial charge on any atom is 0.281 e. The normalized spacial score (nSPS) is 15.0. The third kappa shape index (κ3) is 3.61. The van der Waals surface area contributed by atoms with Gasteiger partial charge in [-0.2, -0.15) is 8.42 Å². The van der Waals surface area contributed by atoms with E-state index >= 15 is 0 Å². The topological polar surface area (TPSA) is 83.5 Å². The summed E-state index contributed by atoms with van der Waals surface area (Å²) in [5.41, 5.74) is 4.09. The molecule has 144 valence electrons. The molecule has 2 aromatic carbocycles. The Balaban J connectivity index is 1.70. The molecule has 1 aromatic heterocycles. The third-order valence-electron chi connectivity index (χ3n) is 4.91. The molecule has 0 bridgehead atoms. The lowest BCUT2D eigenvalue weighted by atomic mass is 9.95. The summed E-state index contributed by atoms with van der Waals surface area (Å²) in [7, 11) is -4.64. The van der Waals surface area contributed by atoms with Gasteiger partial charge in [-0.3, -0.25) is 9.35 Å². The summed E-state index contributed by atoms with van der Waals surface area (Å²) in [5.74, 6) is -0.741. The molecule has 5 nitrogen and oxygen atoms in total. The van der Waals surface area contributed by atoms with Gasteiger partial charge < -0.3 is 5.32 Å². The van der Waals surface area contributed by atoms with Crippen molar-refractivity contribution in [2.24, 2.45) is 0 Å². The summed E-state index contributed by atoms with van der Waals surface area (Å²) in [6, 6.07) is 13.5. The molecule has 0 fully saturated rings. The van der Waals surface area contributed by atoms with Gasteiger partial charge in [0, 0.05) is 16.0 Å². The zero-order chi connectivity index (χ0) is 19.9. The van der Waals surface area contributed by atoms with Crippen molar-refractivity contribution in [3.05, 3.63) is 75.8 Å². The van der Waals surface area contributed by atoms with Crippen LogP contribution in [0.4, 0.5) is 0 Å². The molecule has 0 saturated carbocycles. The number of hydrogen-bond acceptors (Lipinski definition) is 4. The Morgan fingerprint density at radius 3 is 2.75 bits per heavy atom. The van der Waals surface area contributed by atoms with E-state index in [-0.39, 0.29) is 0 Å². The van der Waals surface area contributed by atoms with Gasteiger partial charge in [-0.15, -0.1) is 11.3 Å². The first-order valence-corrected chi connectivity index (χ1v) is 11.2. The number of allylic oxidation sites excluding steroid dienone is 1. The lowest BCUT2D eigenvalue weighted by Gasteiger charge is -2.19. The van der Waals surface area contributed by atoms with Crippen LogP contribution in [0.15, 0.2) is 53.5 Å². The first kappa shape index (κ1) is 18.9. The fourth-order valence-electron chi connectivity index (χ4n) is 3.56. The molecule has 2 N–H and O–H groups in total. The zero-order valence-corrected chi connectivity index (χ0v) is 16.8. The Bertz CT molecular complexity index is 1210. The summed E-state index contributed by atoms with van der Waals surface area (Å²) in [5, 5.41) is 3.36. The van der Waals surface area contributed by atoms with Gasteiger partial charge in [-0.05, 0) is 53.8 Å². The highest BCUT2D eigenvalue weighted by Crippen LogP contribution is 2.35. The summed E-state index contributed by atoms with van der Waals surface area (Å²) in [4.78, 5) is 12.9. The van der Waals surface area contributed by atoms with Crippen molar-refractivity contribution in [2.75, 3.05) is 0 Å². The third-order valence-corrected chi connectivity index (χ3v) is 6.96. The number of fused-ring (bicyclic) bond motifs is 2. The van der Waals surface area contributed by atoms with Gasteiger partial charge in [0.05, 0.1) is 0 Å². The van der Waals surface area contributed by atoms with Crippen LogP contribution in [0, 0.1) is 6.92 Å². The van der Waals surface area contributed by atoms with Crippen LogP contribution >= 0.6 is 11.3 Å². The molecule has 1 atom stereocenters. The Morgan fingerprint density at radius 1 is 1.18 bits per heavy atom. The number of nitrogens with one attached hydrogen (secondary N) is 1. The molecule has 1 unspecified atom stereocenters. The Labute approximate surface area is 167 Å². The minimum atomic E-state index is -4.64. The highest BCUT2D eigenvalue weighted by atomic mass is 32.2. The minimum absolute atomic E-state index is 0.306. The van der Waals surface area contributed by atoms with E-state index in [1.165, 1.54) is 16.9 Å². The molecule has 0 spiro atoms. The predicted molar refractivity (Wildman–Crippen MR) is 112 cm³/mol. The van der Waals surface area contributed by atoms with Gasteiger partial charge >= 0.3 is 0 Å². The second kappa shape index (κ2) is 7.16. The van der Waals surface area contributed by atoms with E-state index in [2.05, 4.69) is 5.32 Å². The Kier molecular flexibility index (Phi) is 4.82. The number of amides is 1. The fourth-order valence-corrected chi connectivity index (χ4v) is 5.46. The van der Waals surface area contributed by atoms with Crippen LogP contribution in [0.2, 0.25) is 0 Å². The van der Waals surface area contributed by atoms with Crippen molar-refractivity contribution < 1.29 is 17.8 Å². The van der Waals surface area contributed by atoms with Crippen molar-refractivity contribution in [2.45, 2.75) is 25.0 Å². The highest BCUT2D eigenvalue weighted by molar-refractivity contribution is 7.86. The number of carbonyl (C=O) groups excluding carboxylic acids is 1. The van der Waals surface area contributed by atoms with Gasteiger partial charge in [0.15, 0.2) is 5.25 Å². The average molecular weight is 414 g/mol. The minimum Gasteiger partial charge on any atom is -0.328 e. The van der Waals surface area contributed by atoms with E-state index in [4.69, 9.17) is 0 Å². The van der Waals surface area contributed by atoms with Crippen LogP contribution in [-0.2, 0) is 21.3 Å². The van der Waals surface area contributed by atoms with E-state index in [9.17, 15) is 17.8 Å². The summed E-state index contributed by atoms with van der Waals surface area (Å²) >= 11 is 1.35. The smallest absolute Gasteiger partial charge is 0.281 e. The van der Waals surface area contributed by atoms with E-state index < -0.39 is 21.3 Å². The second-order valence-corrected chi connectivity index (χ2v) is 9.36. The van der Waals surface area contributed by atoms with E-state index in [1.54, 1.807) is 5.38 Å². The molecule has 1 amide bonds. The number of carbonyl (C=O) groups is 1. The van der Waals surface area contributed by atoms with Crippen LogP contribution in [0.5, 0.6) is 0 Å². The Hall–Kier alpha value is -2.48. The number of benzene rings is 2. The van der Waals surface area contributed by atoms with Crippen molar-refractivity contribution in [3.8, 4) is 0 Å². The number of rotatable bonds is 4. The number of aryl methyl sites for hydroxylation is 2. The van der Waals surface area contributed by atoms with E-state index in [0.29, 0.717) is 23.1 Å². The van der Waals surface area contributed by atoms with E-state index in [1.807, 2.05) is 55.5 Å². The monoisotopic (exact) mass is 413 g/mol. The molecular weight excluding hydrogens is 394 g/mol. The van der Waals surface area contributed by atoms with Gasteiger partial charge in [0.2, 0.25) is 5.91 Å². The van der Waals surface area contributed by atoms with Crippen molar-refractivity contribution in [1.82, 2.24) is 5.32 Å². The molecule has 1 aliphatic carbocycles. The van der Waals surface area contributed by atoms with E-state index in [0.717, 1.165) is 22.2 Å². The lowest BCUT2D eigenvalue weighted by molar-refractivity contribution is -0.120. The largest absolute Gasteiger partial charge is 0.328 e. The molecule has 28 heavy (non-hydrogen) atoms. The van der Waals surface area contributed by atoms with Gasteiger partial charge in [0.25, 0.3) is 10.1 Å². The highest BCUT2D eigenvalue weighted by Gasteiger charge is 2.35. The maximum atomic E-state index is 12.9. The van der Waals surface area contributed by atoms with Crippen LogP contribution in [0.1, 0.15) is 33.9 Å². The van der Waals surface area contributed by atoms with Crippen LogP contribution < -0.4 is 5.32 Å². The molecule has 0 saturated heterocycles. The first-order chi connectivity index (χ1) is 13.3. The maximum absolute atomic E-state index is 12.9. The quantitative estimate of drug-likeness (QED) is 0.627. The SMILES string of the molecule is Cc1ccc2scc(C(C(=O)NC3=Cc4ccccc4CC3)S(=O)(=O)O)c2c1. The van der Waals surface area contributed by atoms with Gasteiger partial charge in [-0.25, -0.2) is 0 Å². The molecule has 0 radical (unpaired) electrons. The molecule has 1 heterocycles. The summed E-state index contributed by atoms with van der Waals surface area (Å²) < 4.78 is 34.9. The summed E-state index contributed by atoms with van der Waals surface area (Å²) in [6.07, 6.45) is 3.22. The molecule has 7 heteroatoms. The standard InChI is InChI=1S/C21H19NO4S2/c1-13-6-9-19-17(10-13)18(12-27-19)20(28(24,25)26)21(23)22-16-8-7-14-4-2-3-5-15(14)11-16/h2-6,9-12,20H,7-8H2,1H3,(H,22,23)(H,24,25,26). The number of hydrogen-bond donors (Lipinski definition) is 2. The number of thiophene rings is 1. The Morgan fingerprint density at radius 2 is 1.96 bits per heavy atom. The fraction of sp³-hybridized carbons (Fsp3) is 0.190. The molecule has 1 aliphatic rings. The second-order valence-electron chi connectivity index (χ2n) is 6.94. The first-order valence-electron chi connectivity index (χ1n) is 8.86. The van der Waals surface area contributed by atoms with Crippen LogP contribution in [-0.4, -0.2) is 18.9 Å². The summed E-state index contributed by atoms with van der Waals surface area (Å²) in [6.45, 7) is 1.90. The molecule has 4 rings (SSSR count). The van der Waals surface area contributed by atoms with Crippen molar-refractivity contribution in [1.29, 1.82) is 0 Å². The van der Waals surface area contributed by atoms with Gasteiger partial charge in [0.1, 0.15) is 0 Å². The van der Waals surface area contributed by atoms with Crippen molar-refractivity contribution >= 4 is 43.5 Å². The average Bonchev–Trinajstić information content (AvgIpc) is 3.03. The lowest BCUT2D eigenvalue weighted by Crippen LogP contribution is -2.33. The molecule has 3 aromatic rings. The molecule has 0 aliphatic heterocycles. The van der Waals surface area contributed by atoms with Crippen molar-refractivity contribution in [3.63, 3.8) is 0 Å². The molecular formula is C21H19NO4S2. The van der Waals surface area contributed by atoms with Gasteiger partial charge in [-0.1, -0.05) is 42.0 Å². The predicted octanol–water partition coefficient (Wildman–Crippen LogP) is 4.24. The zero-order valence-electron chi connectivity index (χ0n) is 15.2. The van der Waals surface area contributed by atoms with Crippen LogP contribution in [0.3, 0.4) is 0 Å². The van der Waals surface area contributed by atoms with Crippen LogP contribution in [0.25, 0.3) is 16.2 Å².